The number of unbranched alkanes of at least 4 members (excludes halogenated alkanes) is 1. The number of ether oxygens (including phenoxy) is 1. The van der Waals surface area contributed by atoms with Gasteiger partial charge >= 0.3 is 5.97 Å². The van der Waals surface area contributed by atoms with E-state index in [4.69, 9.17) is 0 Å². The van der Waals surface area contributed by atoms with Crippen molar-refractivity contribution in [2.45, 2.75) is 26.7 Å². The Kier molecular flexibility index (Phi) is 5.83. The minimum atomic E-state index is -0.295. The van der Waals surface area contributed by atoms with Gasteiger partial charge in [0.15, 0.2) is 0 Å². The Bertz CT molecular complexity index is 116. The molecule has 1 radical (unpaired) electrons. The standard InChI is InChI=1S/C8H13O2/c1-3-5-7-10-8(9)6-4-2/h4,6-7H,3,5H2,1-2H3. The molecule has 0 spiro atoms. The second kappa shape index (κ2) is 6.33. The maximum Gasteiger partial charge on any atom is 0.330 e. The summed E-state index contributed by atoms with van der Waals surface area (Å²) in [4.78, 5) is 10.6. The van der Waals surface area contributed by atoms with Crippen LogP contribution in [-0.4, -0.2) is 5.97 Å². The van der Waals surface area contributed by atoms with Crippen molar-refractivity contribution >= 4 is 5.97 Å². The number of rotatable bonds is 4. The van der Waals surface area contributed by atoms with Crippen molar-refractivity contribution in [3.63, 3.8) is 0 Å². The number of hydrogen-bond donors (Lipinski definition) is 0. The lowest BCUT2D eigenvalue weighted by Gasteiger charge is -1.96. The van der Waals surface area contributed by atoms with Crippen LogP contribution in [0, 0.1) is 6.61 Å². The van der Waals surface area contributed by atoms with Crippen LogP contribution in [0.4, 0.5) is 0 Å². The van der Waals surface area contributed by atoms with Crippen molar-refractivity contribution in [1.29, 1.82) is 0 Å². The zero-order valence-electron chi connectivity index (χ0n) is 6.46. The molecule has 0 aromatic heterocycles. The van der Waals surface area contributed by atoms with E-state index in [0.29, 0.717) is 0 Å². The van der Waals surface area contributed by atoms with Crippen LogP contribution in [0.25, 0.3) is 0 Å². The van der Waals surface area contributed by atoms with Crippen LogP contribution in [0.5, 0.6) is 0 Å². The predicted octanol–water partition coefficient (Wildman–Crippen LogP) is 2.07. The molecule has 0 saturated heterocycles. The van der Waals surface area contributed by atoms with Gasteiger partial charge in [-0.15, -0.1) is 0 Å². The van der Waals surface area contributed by atoms with Crippen LogP contribution in [0.3, 0.4) is 0 Å². The summed E-state index contributed by atoms with van der Waals surface area (Å²) in [5, 5.41) is 0. The van der Waals surface area contributed by atoms with Gasteiger partial charge in [-0.1, -0.05) is 19.4 Å². The first-order valence-electron chi connectivity index (χ1n) is 3.46. The largest absolute Gasteiger partial charge is 0.455 e. The van der Waals surface area contributed by atoms with E-state index in [1.807, 2.05) is 6.92 Å². The first-order valence-corrected chi connectivity index (χ1v) is 3.46. The van der Waals surface area contributed by atoms with E-state index in [-0.39, 0.29) is 5.97 Å². The van der Waals surface area contributed by atoms with Crippen LogP contribution < -0.4 is 0 Å². The van der Waals surface area contributed by atoms with Crippen LogP contribution >= 0.6 is 0 Å². The fourth-order valence-electron chi connectivity index (χ4n) is 0.434. The highest BCUT2D eigenvalue weighted by Gasteiger charge is 1.93. The summed E-state index contributed by atoms with van der Waals surface area (Å²) in [6.45, 7) is 5.34. The maximum atomic E-state index is 10.6. The van der Waals surface area contributed by atoms with Gasteiger partial charge in [-0.05, 0) is 13.3 Å². The van der Waals surface area contributed by atoms with Crippen molar-refractivity contribution in [2.24, 2.45) is 0 Å². The molecule has 2 heteroatoms. The Balaban J connectivity index is 3.22. The Morgan fingerprint density at radius 3 is 2.80 bits per heavy atom. The van der Waals surface area contributed by atoms with Crippen LogP contribution in [-0.2, 0) is 9.53 Å². The monoisotopic (exact) mass is 141 g/mol. The minimum absolute atomic E-state index is 0.295. The molecule has 0 aromatic rings. The van der Waals surface area contributed by atoms with Crippen molar-refractivity contribution in [2.75, 3.05) is 0 Å². The molecule has 0 aliphatic carbocycles. The Labute approximate surface area is 61.9 Å². The fourth-order valence-corrected chi connectivity index (χ4v) is 0.434. The number of carbonyl (C=O) groups is 1. The van der Waals surface area contributed by atoms with Gasteiger partial charge in [-0.25, -0.2) is 4.79 Å². The molecule has 0 aliphatic heterocycles. The van der Waals surface area contributed by atoms with E-state index in [2.05, 4.69) is 4.74 Å². The molecule has 0 aromatic carbocycles. The Morgan fingerprint density at radius 2 is 2.30 bits per heavy atom. The number of hydrogen-bond acceptors (Lipinski definition) is 2. The molecule has 0 rings (SSSR count). The van der Waals surface area contributed by atoms with Crippen LogP contribution in [0.15, 0.2) is 12.2 Å². The summed E-state index contributed by atoms with van der Waals surface area (Å²) in [5.41, 5.74) is 0. The average Bonchev–Trinajstić information content (AvgIpc) is 1.89. The topological polar surface area (TPSA) is 26.3 Å². The average molecular weight is 141 g/mol. The SMILES string of the molecule is CC=CC(=O)O[CH]CCC. The van der Waals surface area contributed by atoms with Gasteiger partial charge in [0.1, 0.15) is 6.61 Å². The van der Waals surface area contributed by atoms with Gasteiger partial charge in [0, 0.05) is 6.08 Å². The van der Waals surface area contributed by atoms with Gasteiger partial charge in [0.25, 0.3) is 0 Å². The zero-order chi connectivity index (χ0) is 7.82. The molecule has 0 N–H and O–H groups in total. The van der Waals surface area contributed by atoms with E-state index in [1.54, 1.807) is 13.0 Å². The second-order valence-electron chi connectivity index (χ2n) is 1.89. The molecular weight excluding hydrogens is 128 g/mol. The molecule has 10 heavy (non-hydrogen) atoms. The maximum absolute atomic E-state index is 10.6. The molecule has 0 atom stereocenters. The molecule has 0 bridgehead atoms. The summed E-state index contributed by atoms with van der Waals surface area (Å²) < 4.78 is 4.67. The lowest BCUT2D eigenvalue weighted by molar-refractivity contribution is -0.134. The lowest BCUT2D eigenvalue weighted by Crippen LogP contribution is -1.96. The summed E-state index contributed by atoms with van der Waals surface area (Å²) >= 11 is 0. The highest BCUT2D eigenvalue weighted by molar-refractivity contribution is 5.82. The fraction of sp³-hybridized carbons (Fsp3) is 0.500. The molecule has 57 valence electrons. The minimum Gasteiger partial charge on any atom is -0.455 e. The number of esters is 1. The normalized spacial score (nSPS) is 10.2. The molecule has 0 fully saturated rings. The molecule has 0 amide bonds. The second-order valence-corrected chi connectivity index (χ2v) is 1.89. The summed E-state index contributed by atoms with van der Waals surface area (Å²) in [7, 11) is 0. The van der Waals surface area contributed by atoms with Crippen LogP contribution in [0.2, 0.25) is 0 Å². The predicted molar refractivity (Wildman–Crippen MR) is 40.1 cm³/mol. The van der Waals surface area contributed by atoms with Gasteiger partial charge < -0.3 is 4.74 Å². The van der Waals surface area contributed by atoms with Gasteiger partial charge in [0.05, 0.1) is 0 Å². The third kappa shape index (κ3) is 5.35. The van der Waals surface area contributed by atoms with E-state index >= 15 is 0 Å². The van der Waals surface area contributed by atoms with E-state index in [1.165, 1.54) is 12.7 Å². The zero-order valence-corrected chi connectivity index (χ0v) is 6.46. The molecular formula is C8H13O2. The molecule has 0 aliphatic rings. The Morgan fingerprint density at radius 1 is 1.60 bits per heavy atom. The molecule has 2 nitrogen and oxygen atoms in total. The van der Waals surface area contributed by atoms with E-state index in [0.717, 1.165) is 12.8 Å². The smallest absolute Gasteiger partial charge is 0.330 e. The molecule has 0 saturated carbocycles. The summed E-state index contributed by atoms with van der Waals surface area (Å²) in [6, 6.07) is 0. The third-order valence-electron chi connectivity index (χ3n) is 0.909. The first-order chi connectivity index (χ1) is 4.81. The summed E-state index contributed by atoms with van der Waals surface area (Å²) in [6.07, 6.45) is 4.88. The van der Waals surface area contributed by atoms with Crippen molar-refractivity contribution in [3.05, 3.63) is 18.8 Å². The van der Waals surface area contributed by atoms with Gasteiger partial charge in [-0.3, -0.25) is 0 Å². The lowest BCUT2D eigenvalue weighted by atomic mass is 10.4. The van der Waals surface area contributed by atoms with Gasteiger partial charge in [-0.2, -0.15) is 0 Å². The first kappa shape index (κ1) is 9.21. The van der Waals surface area contributed by atoms with Gasteiger partial charge in [0.2, 0.25) is 0 Å². The summed E-state index contributed by atoms with van der Waals surface area (Å²) in [5.74, 6) is -0.295. The number of carbonyl (C=O) groups excluding carboxylic acids is 1. The van der Waals surface area contributed by atoms with E-state index < -0.39 is 0 Å². The van der Waals surface area contributed by atoms with Crippen LogP contribution in [0.1, 0.15) is 26.7 Å². The highest BCUT2D eigenvalue weighted by atomic mass is 16.5. The molecule has 0 unspecified atom stereocenters. The third-order valence-corrected chi connectivity index (χ3v) is 0.909. The van der Waals surface area contributed by atoms with Crippen molar-refractivity contribution < 1.29 is 9.53 Å². The van der Waals surface area contributed by atoms with Crippen molar-refractivity contribution in [1.82, 2.24) is 0 Å². The quantitative estimate of drug-likeness (QED) is 0.340. The number of allylic oxidation sites excluding steroid dienone is 1. The Hall–Kier alpha value is -0.790. The highest BCUT2D eigenvalue weighted by Crippen LogP contribution is 1.94. The van der Waals surface area contributed by atoms with Crippen molar-refractivity contribution in [3.8, 4) is 0 Å². The molecule has 0 heterocycles. The van der Waals surface area contributed by atoms with E-state index in [9.17, 15) is 4.79 Å².